The third kappa shape index (κ3) is 3.06. The van der Waals surface area contributed by atoms with Gasteiger partial charge in [-0.25, -0.2) is 13.8 Å². The van der Waals surface area contributed by atoms with Crippen LogP contribution in [0.3, 0.4) is 0 Å². The van der Waals surface area contributed by atoms with Gasteiger partial charge in [-0.05, 0) is 38.2 Å². The molecule has 1 aromatic carbocycles. The number of likely N-dealkylation sites (tertiary alicyclic amines) is 1. The number of carbonyl (C=O) groups excluding carboxylic acids is 1. The summed E-state index contributed by atoms with van der Waals surface area (Å²) in [6.45, 7) is 4.11. The molecule has 1 saturated carbocycles. The number of aryl methyl sites for hydroxylation is 1. The van der Waals surface area contributed by atoms with Crippen molar-refractivity contribution in [2.45, 2.75) is 51.1 Å². The summed E-state index contributed by atoms with van der Waals surface area (Å²) in [7, 11) is 0. The van der Waals surface area contributed by atoms with Gasteiger partial charge in [-0.15, -0.1) is 0 Å². The van der Waals surface area contributed by atoms with Crippen molar-refractivity contribution in [1.82, 2.24) is 19.8 Å². The summed E-state index contributed by atoms with van der Waals surface area (Å²) in [4.78, 5) is 25.1. The molecule has 154 valence electrons. The van der Waals surface area contributed by atoms with E-state index in [0.29, 0.717) is 17.7 Å². The molecular weight excluding hydrogens is 374 g/mol. The molecule has 7 heteroatoms. The van der Waals surface area contributed by atoms with Gasteiger partial charge in [0.05, 0.1) is 17.6 Å². The van der Waals surface area contributed by atoms with Crippen LogP contribution in [0.4, 0.5) is 8.78 Å². The van der Waals surface area contributed by atoms with Crippen LogP contribution < -0.4 is 0 Å². The molecule has 2 aromatic rings. The van der Waals surface area contributed by atoms with Gasteiger partial charge in [0.25, 0.3) is 0 Å². The van der Waals surface area contributed by atoms with E-state index in [1.807, 2.05) is 0 Å². The smallest absolute Gasteiger partial charge is 0.226 e. The van der Waals surface area contributed by atoms with E-state index in [2.05, 4.69) is 19.8 Å². The maximum atomic E-state index is 14.3. The first kappa shape index (κ1) is 18.7. The number of piperidine rings is 1. The van der Waals surface area contributed by atoms with E-state index in [9.17, 15) is 13.6 Å². The Morgan fingerprint density at radius 3 is 2.69 bits per heavy atom. The lowest BCUT2D eigenvalue weighted by Crippen LogP contribution is -2.58. The van der Waals surface area contributed by atoms with Crippen LogP contribution >= 0.6 is 0 Å². The van der Waals surface area contributed by atoms with Crippen molar-refractivity contribution in [2.24, 2.45) is 5.92 Å². The van der Waals surface area contributed by atoms with Gasteiger partial charge in [0.1, 0.15) is 0 Å². The Kier molecular flexibility index (Phi) is 4.46. The number of carbonyl (C=O) groups is 1. The fraction of sp³-hybridized carbons (Fsp3) is 0.545. The van der Waals surface area contributed by atoms with Crippen molar-refractivity contribution in [2.75, 3.05) is 19.6 Å². The summed E-state index contributed by atoms with van der Waals surface area (Å²) in [5.74, 6) is -1.07. The number of amides is 1. The van der Waals surface area contributed by atoms with Gasteiger partial charge in [0.15, 0.2) is 11.6 Å². The number of imidazole rings is 1. The Balaban J connectivity index is 1.37. The second-order valence-electron chi connectivity index (χ2n) is 8.72. The second kappa shape index (κ2) is 6.90. The molecule has 2 fully saturated rings. The third-order valence-electron chi connectivity index (χ3n) is 6.89. The van der Waals surface area contributed by atoms with E-state index in [-0.39, 0.29) is 17.4 Å². The summed E-state index contributed by atoms with van der Waals surface area (Å²) in [6, 6.07) is 3.31. The number of nitrogens with one attached hydrogen (secondary N) is 1. The number of hydrogen-bond donors (Lipinski definition) is 1. The summed E-state index contributed by atoms with van der Waals surface area (Å²) >= 11 is 0. The number of fused-ring (bicyclic) bond motifs is 2. The fourth-order valence-electron chi connectivity index (χ4n) is 4.99. The zero-order valence-electron chi connectivity index (χ0n) is 16.7. The van der Waals surface area contributed by atoms with E-state index in [4.69, 9.17) is 0 Å². The van der Waals surface area contributed by atoms with Gasteiger partial charge in [0.2, 0.25) is 5.91 Å². The highest BCUT2D eigenvalue weighted by Crippen LogP contribution is 2.45. The number of benzene rings is 1. The normalized spacial score (nSPS) is 21.4. The van der Waals surface area contributed by atoms with Gasteiger partial charge in [-0.1, -0.05) is 12.1 Å². The molecule has 3 heterocycles. The minimum atomic E-state index is -0.759. The fourth-order valence-corrected chi connectivity index (χ4v) is 4.99. The highest BCUT2D eigenvalue weighted by atomic mass is 19.2. The van der Waals surface area contributed by atoms with E-state index >= 15 is 0 Å². The van der Waals surface area contributed by atoms with Crippen LogP contribution in [0, 0.1) is 24.5 Å². The number of halogens is 2. The number of hydrogen-bond acceptors (Lipinski definition) is 3. The predicted molar refractivity (Wildman–Crippen MR) is 104 cm³/mol. The van der Waals surface area contributed by atoms with Gasteiger partial charge in [0, 0.05) is 49.8 Å². The van der Waals surface area contributed by atoms with Crippen LogP contribution in [0.1, 0.15) is 48.2 Å². The number of rotatable bonds is 3. The first-order chi connectivity index (χ1) is 14.0. The van der Waals surface area contributed by atoms with E-state index < -0.39 is 11.6 Å². The molecule has 0 atom stereocenters. The number of aromatic nitrogens is 2. The topological polar surface area (TPSA) is 52.2 Å². The molecule has 0 unspecified atom stereocenters. The van der Waals surface area contributed by atoms with Crippen molar-refractivity contribution in [1.29, 1.82) is 0 Å². The summed E-state index contributed by atoms with van der Waals surface area (Å²) in [5, 5.41) is 0. The molecule has 5 rings (SSSR count). The Bertz CT molecular complexity index is 944. The Labute approximate surface area is 169 Å². The monoisotopic (exact) mass is 400 g/mol. The molecule has 3 aliphatic rings. The Morgan fingerprint density at radius 2 is 1.97 bits per heavy atom. The molecule has 1 saturated heterocycles. The van der Waals surface area contributed by atoms with Gasteiger partial charge >= 0.3 is 0 Å². The second-order valence-corrected chi connectivity index (χ2v) is 8.72. The Hall–Kier alpha value is -2.28. The molecule has 1 aliphatic carbocycles. The average Bonchev–Trinajstić information content (AvgIpc) is 3.47. The van der Waals surface area contributed by atoms with Crippen molar-refractivity contribution >= 4 is 5.91 Å². The molecule has 1 amide bonds. The molecule has 2 aliphatic heterocycles. The van der Waals surface area contributed by atoms with Crippen molar-refractivity contribution in [3.05, 3.63) is 52.6 Å². The predicted octanol–water partition coefficient (Wildman–Crippen LogP) is 3.28. The highest BCUT2D eigenvalue weighted by molar-refractivity contribution is 5.82. The van der Waals surface area contributed by atoms with Crippen LogP contribution in [-0.2, 0) is 23.3 Å². The van der Waals surface area contributed by atoms with E-state index in [0.717, 1.165) is 63.1 Å². The van der Waals surface area contributed by atoms with Gasteiger partial charge in [-0.2, -0.15) is 0 Å². The van der Waals surface area contributed by atoms with E-state index in [1.165, 1.54) is 0 Å². The number of H-pyrrole nitrogens is 1. The molecule has 0 radical (unpaired) electrons. The summed E-state index contributed by atoms with van der Waals surface area (Å²) < 4.78 is 28.2. The number of aromatic amines is 1. The molecule has 1 aromatic heterocycles. The lowest BCUT2D eigenvalue weighted by Gasteiger charge is -2.50. The first-order valence-corrected chi connectivity index (χ1v) is 10.5. The van der Waals surface area contributed by atoms with Crippen molar-refractivity contribution in [3.63, 3.8) is 0 Å². The maximum Gasteiger partial charge on any atom is 0.226 e. The van der Waals surface area contributed by atoms with Gasteiger partial charge < -0.3 is 9.88 Å². The molecular formula is C22H26F2N4O. The van der Waals surface area contributed by atoms with Crippen LogP contribution in [0.25, 0.3) is 0 Å². The lowest BCUT2D eigenvalue weighted by atomic mass is 9.78. The average molecular weight is 400 g/mol. The van der Waals surface area contributed by atoms with Crippen molar-refractivity contribution < 1.29 is 13.6 Å². The minimum Gasteiger partial charge on any atom is -0.348 e. The zero-order chi connectivity index (χ0) is 20.2. The lowest BCUT2D eigenvalue weighted by molar-refractivity contribution is -0.143. The van der Waals surface area contributed by atoms with Crippen molar-refractivity contribution in [3.8, 4) is 0 Å². The van der Waals surface area contributed by atoms with Crippen LogP contribution in [0.5, 0.6) is 0 Å². The van der Waals surface area contributed by atoms with Crippen LogP contribution in [-0.4, -0.2) is 45.3 Å². The summed E-state index contributed by atoms with van der Waals surface area (Å²) in [6.07, 6.45) is 6.05. The summed E-state index contributed by atoms with van der Waals surface area (Å²) in [5.41, 5.74) is 2.47. The highest BCUT2D eigenvalue weighted by Gasteiger charge is 2.50. The van der Waals surface area contributed by atoms with E-state index in [1.54, 1.807) is 25.4 Å². The third-order valence-corrected chi connectivity index (χ3v) is 6.89. The number of nitrogens with zero attached hydrogens (tertiary/aromatic N) is 3. The van der Waals surface area contributed by atoms with Crippen LogP contribution in [0.2, 0.25) is 0 Å². The molecule has 0 bridgehead atoms. The quantitative estimate of drug-likeness (QED) is 0.860. The van der Waals surface area contributed by atoms with Crippen LogP contribution in [0.15, 0.2) is 18.5 Å². The molecule has 5 nitrogen and oxygen atoms in total. The zero-order valence-corrected chi connectivity index (χ0v) is 16.7. The molecule has 1 spiro atoms. The van der Waals surface area contributed by atoms with Gasteiger partial charge in [-0.3, -0.25) is 9.69 Å². The largest absolute Gasteiger partial charge is 0.348 e. The SMILES string of the molecule is Cc1ccc(CN2CCC3(CC2)c2nc[nH]c2CCN3C(=O)C2CC2)c(F)c1F. The maximum absolute atomic E-state index is 14.3. The standard InChI is InChI=1S/C22H26F2N4O/c1-14-2-3-16(19(24)18(14)23)12-27-10-7-22(8-11-27)20-17(25-13-26-20)6-9-28(22)21(29)15-4-5-15/h2-3,13,15H,4-12H2,1H3,(H,25,26). The molecule has 29 heavy (non-hydrogen) atoms. The molecule has 1 N–H and O–H groups in total. The minimum absolute atomic E-state index is 0.176. The first-order valence-electron chi connectivity index (χ1n) is 10.5. The Morgan fingerprint density at radius 1 is 1.21 bits per heavy atom.